The molecule has 0 spiro atoms. The van der Waals surface area contributed by atoms with E-state index in [1.807, 2.05) is 0 Å². The van der Waals surface area contributed by atoms with Crippen molar-refractivity contribution in [1.29, 1.82) is 0 Å². The van der Waals surface area contributed by atoms with Crippen molar-refractivity contribution in [3.8, 4) is 5.75 Å². The highest BCUT2D eigenvalue weighted by atomic mass is 19.4. The van der Waals surface area contributed by atoms with Gasteiger partial charge in [0.1, 0.15) is 5.75 Å². The fraction of sp³-hybridized carbons (Fsp3) is 0.294. The first kappa shape index (κ1) is 18.6. The molecule has 134 valence electrons. The van der Waals surface area contributed by atoms with E-state index in [1.165, 1.54) is 7.11 Å². The van der Waals surface area contributed by atoms with Crippen LogP contribution in [0.5, 0.6) is 5.75 Å². The summed E-state index contributed by atoms with van der Waals surface area (Å²) in [4.78, 5) is 23.2. The molecule has 0 heterocycles. The molecule has 1 atom stereocenters. The molecule has 0 aromatic heterocycles. The Morgan fingerprint density at radius 3 is 2.48 bits per heavy atom. The summed E-state index contributed by atoms with van der Waals surface area (Å²) < 4.78 is 47.0. The maximum Gasteiger partial charge on any atom is 0.471 e. The number of carbonyl (C=O) groups is 2. The molecule has 1 amide bonds. The van der Waals surface area contributed by atoms with Crippen LogP contribution < -0.4 is 10.1 Å². The van der Waals surface area contributed by atoms with Crippen molar-refractivity contribution in [2.75, 3.05) is 20.8 Å². The van der Waals surface area contributed by atoms with E-state index in [0.29, 0.717) is 16.7 Å². The van der Waals surface area contributed by atoms with Gasteiger partial charge in [-0.15, -0.1) is 0 Å². The van der Waals surface area contributed by atoms with Gasteiger partial charge in [-0.1, -0.05) is 24.3 Å². The fourth-order valence-electron chi connectivity index (χ4n) is 2.46. The second kappa shape index (κ2) is 7.42. The predicted octanol–water partition coefficient (Wildman–Crippen LogP) is 2.78. The molecule has 0 fully saturated rings. The van der Waals surface area contributed by atoms with Gasteiger partial charge < -0.3 is 14.8 Å². The average Bonchev–Trinajstić information content (AvgIpc) is 2.60. The van der Waals surface area contributed by atoms with Gasteiger partial charge in [-0.3, -0.25) is 9.59 Å². The SMILES string of the molecule is COC(=O)C(CNC(=O)C(F)(F)F)c1cccc2ccc(OC)cc12. The van der Waals surface area contributed by atoms with Crippen molar-refractivity contribution in [3.05, 3.63) is 42.0 Å². The van der Waals surface area contributed by atoms with E-state index < -0.39 is 30.5 Å². The van der Waals surface area contributed by atoms with E-state index in [2.05, 4.69) is 4.74 Å². The second-order valence-electron chi connectivity index (χ2n) is 5.22. The van der Waals surface area contributed by atoms with E-state index in [9.17, 15) is 22.8 Å². The normalized spacial score (nSPS) is 12.5. The average molecular weight is 355 g/mol. The number of esters is 1. The zero-order valence-corrected chi connectivity index (χ0v) is 13.5. The Morgan fingerprint density at radius 2 is 1.88 bits per heavy atom. The molecular formula is C17H16F3NO4. The summed E-state index contributed by atoms with van der Waals surface area (Å²) in [5, 5.41) is 3.13. The van der Waals surface area contributed by atoms with Crippen molar-refractivity contribution in [2.24, 2.45) is 0 Å². The van der Waals surface area contributed by atoms with Gasteiger partial charge in [0.05, 0.1) is 20.1 Å². The largest absolute Gasteiger partial charge is 0.497 e. The minimum atomic E-state index is -5.03. The standard InChI is InChI=1S/C17H16F3NO4/c1-24-11-7-6-10-4-3-5-12(13(10)8-11)14(15(22)25-2)9-21-16(23)17(18,19)20/h3-8,14H,9H2,1-2H3,(H,21,23). The topological polar surface area (TPSA) is 64.6 Å². The molecule has 8 heteroatoms. The molecule has 1 unspecified atom stereocenters. The third kappa shape index (κ3) is 4.20. The highest BCUT2D eigenvalue weighted by molar-refractivity contribution is 5.92. The minimum Gasteiger partial charge on any atom is -0.497 e. The van der Waals surface area contributed by atoms with Crippen molar-refractivity contribution < 1.29 is 32.2 Å². The molecule has 0 bridgehead atoms. The third-order valence-corrected chi connectivity index (χ3v) is 3.71. The molecule has 1 N–H and O–H groups in total. The number of nitrogens with one attached hydrogen (secondary N) is 1. The van der Waals surface area contributed by atoms with Crippen LogP contribution in [-0.4, -0.2) is 38.8 Å². The summed E-state index contributed by atoms with van der Waals surface area (Å²) in [7, 11) is 2.61. The number of alkyl halides is 3. The van der Waals surface area contributed by atoms with E-state index in [0.717, 1.165) is 12.5 Å². The van der Waals surface area contributed by atoms with E-state index in [4.69, 9.17) is 4.74 Å². The molecule has 0 aliphatic rings. The van der Waals surface area contributed by atoms with Gasteiger partial charge in [-0.25, -0.2) is 0 Å². The fourth-order valence-corrected chi connectivity index (χ4v) is 2.46. The number of hydrogen-bond acceptors (Lipinski definition) is 4. The summed E-state index contributed by atoms with van der Waals surface area (Å²) in [5.74, 6) is -3.42. The number of amides is 1. The molecule has 25 heavy (non-hydrogen) atoms. The van der Waals surface area contributed by atoms with Gasteiger partial charge in [-0.2, -0.15) is 13.2 Å². The third-order valence-electron chi connectivity index (χ3n) is 3.71. The van der Waals surface area contributed by atoms with E-state index in [-0.39, 0.29) is 0 Å². The van der Waals surface area contributed by atoms with Crippen LogP contribution in [0.2, 0.25) is 0 Å². The second-order valence-corrected chi connectivity index (χ2v) is 5.22. The molecule has 0 radical (unpaired) electrons. The Bertz CT molecular complexity index is 789. The lowest BCUT2D eigenvalue weighted by molar-refractivity contribution is -0.173. The van der Waals surface area contributed by atoms with Crippen LogP contribution in [-0.2, 0) is 14.3 Å². The van der Waals surface area contributed by atoms with Gasteiger partial charge in [0.2, 0.25) is 0 Å². The van der Waals surface area contributed by atoms with Crippen LogP contribution in [0.15, 0.2) is 36.4 Å². The predicted molar refractivity (Wildman–Crippen MR) is 84.3 cm³/mol. The molecule has 5 nitrogen and oxygen atoms in total. The molecular weight excluding hydrogens is 339 g/mol. The zero-order valence-electron chi connectivity index (χ0n) is 13.5. The van der Waals surface area contributed by atoms with Crippen LogP contribution in [0.1, 0.15) is 11.5 Å². The lowest BCUT2D eigenvalue weighted by atomic mass is 9.93. The molecule has 0 saturated heterocycles. The maximum atomic E-state index is 12.4. The lowest BCUT2D eigenvalue weighted by Gasteiger charge is -2.18. The molecule has 0 saturated carbocycles. The number of carbonyl (C=O) groups excluding carboxylic acids is 2. The number of halogens is 3. The Labute approximate surface area is 141 Å². The first-order valence-electron chi connectivity index (χ1n) is 7.27. The van der Waals surface area contributed by atoms with Gasteiger partial charge in [0.15, 0.2) is 0 Å². The van der Waals surface area contributed by atoms with Crippen LogP contribution in [0.25, 0.3) is 10.8 Å². The highest BCUT2D eigenvalue weighted by Gasteiger charge is 2.39. The molecule has 0 aliphatic heterocycles. The van der Waals surface area contributed by atoms with Crippen molar-refractivity contribution in [1.82, 2.24) is 5.32 Å². The number of ether oxygens (including phenoxy) is 2. The monoisotopic (exact) mass is 355 g/mol. The van der Waals surface area contributed by atoms with Gasteiger partial charge >= 0.3 is 18.1 Å². The number of rotatable bonds is 5. The summed E-state index contributed by atoms with van der Waals surface area (Å²) in [6.45, 7) is -0.540. The Balaban J connectivity index is 2.42. The molecule has 2 aromatic carbocycles. The first-order chi connectivity index (χ1) is 11.8. The molecule has 0 aliphatic carbocycles. The Morgan fingerprint density at radius 1 is 1.16 bits per heavy atom. The van der Waals surface area contributed by atoms with Crippen molar-refractivity contribution in [2.45, 2.75) is 12.1 Å². The number of fused-ring (bicyclic) bond motifs is 1. The summed E-state index contributed by atoms with van der Waals surface area (Å²) in [6.07, 6.45) is -5.03. The quantitative estimate of drug-likeness (QED) is 0.838. The summed E-state index contributed by atoms with van der Waals surface area (Å²) >= 11 is 0. The zero-order chi connectivity index (χ0) is 18.6. The van der Waals surface area contributed by atoms with Crippen LogP contribution in [0.3, 0.4) is 0 Å². The smallest absolute Gasteiger partial charge is 0.471 e. The number of benzene rings is 2. The van der Waals surface area contributed by atoms with E-state index >= 15 is 0 Å². The Hall–Kier alpha value is -2.77. The summed E-state index contributed by atoms with van der Waals surface area (Å²) in [5.41, 5.74) is 0.436. The van der Waals surface area contributed by atoms with E-state index in [1.54, 1.807) is 41.7 Å². The first-order valence-corrected chi connectivity index (χ1v) is 7.27. The maximum absolute atomic E-state index is 12.4. The van der Waals surface area contributed by atoms with Crippen LogP contribution in [0.4, 0.5) is 13.2 Å². The van der Waals surface area contributed by atoms with Gasteiger partial charge in [-0.05, 0) is 28.5 Å². The molecule has 2 aromatic rings. The van der Waals surface area contributed by atoms with Gasteiger partial charge in [0.25, 0.3) is 0 Å². The lowest BCUT2D eigenvalue weighted by Crippen LogP contribution is -2.40. The minimum absolute atomic E-state index is 0.436. The van der Waals surface area contributed by atoms with Crippen LogP contribution in [0, 0.1) is 0 Å². The Kier molecular flexibility index (Phi) is 5.51. The number of hydrogen-bond donors (Lipinski definition) is 1. The van der Waals surface area contributed by atoms with Crippen molar-refractivity contribution >= 4 is 22.6 Å². The van der Waals surface area contributed by atoms with Crippen LogP contribution >= 0.6 is 0 Å². The van der Waals surface area contributed by atoms with Gasteiger partial charge in [0, 0.05) is 6.54 Å². The summed E-state index contributed by atoms with van der Waals surface area (Å²) in [6, 6.07) is 10.2. The number of methoxy groups -OCH3 is 2. The molecule has 2 rings (SSSR count). The van der Waals surface area contributed by atoms with Crippen molar-refractivity contribution in [3.63, 3.8) is 0 Å². The highest BCUT2D eigenvalue weighted by Crippen LogP contribution is 2.29.